The zero-order chi connectivity index (χ0) is 13.6. The molecule has 0 aliphatic carbocycles. The van der Waals surface area contributed by atoms with Crippen LogP contribution in [0.2, 0.25) is 5.32 Å². The maximum absolute atomic E-state index is 2.29. The third kappa shape index (κ3) is 10.7. The Morgan fingerprint density at radius 2 is 1.32 bits per heavy atom. The molecule has 0 radical (unpaired) electrons. The molecule has 0 heterocycles. The van der Waals surface area contributed by atoms with Gasteiger partial charge in [0, 0.05) is 0 Å². The van der Waals surface area contributed by atoms with Crippen LogP contribution in [-0.4, -0.2) is 26.3 Å². The quantitative estimate of drug-likeness (QED) is 0.362. The molecule has 0 spiro atoms. The fraction of sp³-hybridized carbons (Fsp3) is 0.647. The number of benzene rings is 1. The molecule has 0 nitrogen and oxygen atoms in total. The van der Waals surface area contributed by atoms with Crippen molar-refractivity contribution in [1.82, 2.24) is 0 Å². The van der Waals surface area contributed by atoms with Gasteiger partial charge in [0.2, 0.25) is 0 Å². The first kappa shape index (κ1) is 17.3. The van der Waals surface area contributed by atoms with E-state index in [2.05, 4.69) is 37.3 Å². The molecule has 0 fully saturated rings. The van der Waals surface area contributed by atoms with E-state index >= 15 is 0 Å². The molecule has 1 aromatic rings. The van der Waals surface area contributed by atoms with Gasteiger partial charge in [-0.2, -0.15) is 0 Å². The Morgan fingerprint density at radius 1 is 0.737 bits per heavy atom. The monoisotopic (exact) mass is 392 g/mol. The van der Waals surface area contributed by atoms with Crippen LogP contribution in [0.4, 0.5) is 0 Å². The van der Waals surface area contributed by atoms with Crippen molar-refractivity contribution >= 4 is 30.7 Å². The SMILES string of the molecule is CCCCCCCCCCC[Se][Se]c1ccccc1. The molecule has 1 rings (SSSR count). The van der Waals surface area contributed by atoms with Gasteiger partial charge in [-0.15, -0.1) is 0 Å². The second kappa shape index (κ2) is 13.3. The Morgan fingerprint density at radius 3 is 1.95 bits per heavy atom. The predicted molar refractivity (Wildman–Crippen MR) is 89.6 cm³/mol. The van der Waals surface area contributed by atoms with Crippen LogP contribution in [0.25, 0.3) is 0 Å². The van der Waals surface area contributed by atoms with Gasteiger partial charge in [-0.1, -0.05) is 0 Å². The van der Waals surface area contributed by atoms with Crippen LogP contribution in [0, 0.1) is 0 Å². The number of hydrogen-bond acceptors (Lipinski definition) is 0. The molecular formula is C17H28Se2. The van der Waals surface area contributed by atoms with Gasteiger partial charge in [-0.05, 0) is 0 Å². The van der Waals surface area contributed by atoms with Gasteiger partial charge in [-0.3, -0.25) is 0 Å². The summed E-state index contributed by atoms with van der Waals surface area (Å²) in [4.78, 5) is 0. The topological polar surface area (TPSA) is 0 Å². The maximum atomic E-state index is 2.29. The van der Waals surface area contributed by atoms with E-state index in [0.29, 0.717) is 0 Å². The molecule has 0 saturated carbocycles. The number of unbranched alkanes of at least 4 members (excludes halogenated alkanes) is 8. The predicted octanol–water partition coefficient (Wildman–Crippen LogP) is 4.58. The Labute approximate surface area is 131 Å². The van der Waals surface area contributed by atoms with Gasteiger partial charge < -0.3 is 0 Å². The molecule has 0 aliphatic heterocycles. The van der Waals surface area contributed by atoms with Crippen molar-refractivity contribution in [2.75, 3.05) is 0 Å². The van der Waals surface area contributed by atoms with Gasteiger partial charge in [-0.25, -0.2) is 0 Å². The third-order valence-corrected chi connectivity index (χ3v) is 10.6. The second-order valence-corrected chi connectivity index (χ2v) is 12.1. The Hall–Kier alpha value is 0.259. The molecule has 0 N–H and O–H groups in total. The Balaban J connectivity index is 1.79. The summed E-state index contributed by atoms with van der Waals surface area (Å²) in [7, 11) is 0. The van der Waals surface area contributed by atoms with Crippen LogP contribution >= 0.6 is 0 Å². The van der Waals surface area contributed by atoms with Crippen molar-refractivity contribution < 1.29 is 0 Å². The summed E-state index contributed by atoms with van der Waals surface area (Å²) in [5.74, 6) is 0. The molecular weight excluding hydrogens is 362 g/mol. The van der Waals surface area contributed by atoms with Crippen molar-refractivity contribution in [3.63, 3.8) is 0 Å². The average Bonchev–Trinajstić information content (AvgIpc) is 2.46. The van der Waals surface area contributed by atoms with E-state index in [1.54, 1.807) is 4.46 Å². The van der Waals surface area contributed by atoms with Crippen LogP contribution in [0.15, 0.2) is 30.3 Å². The molecule has 19 heavy (non-hydrogen) atoms. The number of rotatable bonds is 12. The summed E-state index contributed by atoms with van der Waals surface area (Å²) in [5, 5.41) is 1.50. The summed E-state index contributed by atoms with van der Waals surface area (Å²) >= 11 is 1.66. The van der Waals surface area contributed by atoms with Crippen LogP contribution in [0.5, 0.6) is 0 Å². The van der Waals surface area contributed by atoms with E-state index in [1.165, 1.54) is 63.1 Å². The van der Waals surface area contributed by atoms with E-state index in [9.17, 15) is 0 Å². The average molecular weight is 390 g/mol. The van der Waals surface area contributed by atoms with E-state index in [-0.39, 0.29) is 0 Å². The minimum absolute atomic E-state index is 0.772. The van der Waals surface area contributed by atoms with Crippen LogP contribution in [-0.2, 0) is 0 Å². The van der Waals surface area contributed by atoms with E-state index in [1.807, 2.05) is 0 Å². The Kier molecular flexibility index (Phi) is 12.1. The van der Waals surface area contributed by atoms with Crippen LogP contribution < -0.4 is 4.46 Å². The first-order valence-electron chi connectivity index (χ1n) is 7.78. The summed E-state index contributed by atoms with van der Waals surface area (Å²) in [6.07, 6.45) is 13.1. The summed E-state index contributed by atoms with van der Waals surface area (Å²) < 4.78 is 1.59. The molecule has 0 unspecified atom stereocenters. The van der Waals surface area contributed by atoms with Crippen molar-refractivity contribution in [1.29, 1.82) is 0 Å². The normalized spacial score (nSPS) is 10.8. The zero-order valence-corrected chi connectivity index (χ0v) is 15.7. The first-order chi connectivity index (χ1) is 9.43. The molecule has 108 valence electrons. The summed E-state index contributed by atoms with van der Waals surface area (Å²) in [6.45, 7) is 2.29. The van der Waals surface area contributed by atoms with Crippen molar-refractivity contribution in [3.8, 4) is 0 Å². The van der Waals surface area contributed by atoms with Crippen LogP contribution in [0.3, 0.4) is 0 Å². The van der Waals surface area contributed by atoms with Gasteiger partial charge in [0.25, 0.3) is 0 Å². The van der Waals surface area contributed by atoms with Gasteiger partial charge in [0.05, 0.1) is 0 Å². The second-order valence-electron chi connectivity index (χ2n) is 5.05. The van der Waals surface area contributed by atoms with Crippen molar-refractivity contribution in [2.24, 2.45) is 0 Å². The standard InChI is InChI=1S/C17H28Se2/c1-2-3-4-5-6-7-8-9-13-16-18-19-17-14-11-10-12-15-17/h10-12,14-15H,2-9,13,16H2,1H3. The Bertz CT molecular complexity index is 285. The minimum atomic E-state index is 0.772. The molecule has 0 amide bonds. The van der Waals surface area contributed by atoms with Crippen molar-refractivity contribution in [2.45, 2.75) is 70.0 Å². The molecule has 1 aromatic carbocycles. The molecule has 0 aliphatic rings. The molecule has 0 saturated heterocycles. The molecule has 2 heteroatoms. The van der Waals surface area contributed by atoms with E-state index < -0.39 is 0 Å². The van der Waals surface area contributed by atoms with Gasteiger partial charge >= 0.3 is 131 Å². The van der Waals surface area contributed by atoms with Crippen LogP contribution in [0.1, 0.15) is 64.7 Å². The van der Waals surface area contributed by atoms with Crippen molar-refractivity contribution in [3.05, 3.63) is 30.3 Å². The summed E-state index contributed by atoms with van der Waals surface area (Å²) in [6, 6.07) is 11.0. The molecule has 0 bridgehead atoms. The fourth-order valence-corrected chi connectivity index (χ4v) is 8.64. The first-order valence-corrected chi connectivity index (χ1v) is 14.2. The molecule has 0 aromatic heterocycles. The summed E-state index contributed by atoms with van der Waals surface area (Å²) in [5.41, 5.74) is 0. The molecule has 0 atom stereocenters. The van der Waals surface area contributed by atoms with E-state index in [0.717, 1.165) is 26.3 Å². The van der Waals surface area contributed by atoms with E-state index in [4.69, 9.17) is 0 Å². The fourth-order valence-electron chi connectivity index (χ4n) is 2.06. The third-order valence-electron chi connectivity index (χ3n) is 3.23. The van der Waals surface area contributed by atoms with Gasteiger partial charge in [0.1, 0.15) is 0 Å². The van der Waals surface area contributed by atoms with Gasteiger partial charge in [0.15, 0.2) is 0 Å². The number of hydrogen-bond donors (Lipinski definition) is 0. The zero-order valence-electron chi connectivity index (χ0n) is 12.3.